The second-order valence-electron chi connectivity index (χ2n) is 5.68. The Morgan fingerprint density at radius 3 is 2.45 bits per heavy atom. The van der Waals surface area contributed by atoms with Crippen molar-refractivity contribution < 1.29 is 9.18 Å². The second kappa shape index (κ2) is 5.40. The van der Waals surface area contributed by atoms with Crippen LogP contribution in [-0.2, 0) is 0 Å². The second-order valence-corrected chi connectivity index (χ2v) is 5.68. The van der Waals surface area contributed by atoms with Crippen molar-refractivity contribution in [3.05, 3.63) is 47.5 Å². The van der Waals surface area contributed by atoms with Crippen molar-refractivity contribution in [1.82, 2.24) is 20.7 Å². The molecule has 2 N–H and O–H groups in total. The predicted molar refractivity (Wildman–Crippen MR) is 72.4 cm³/mol. The molecule has 1 atom stereocenters. The molecule has 1 unspecified atom stereocenters. The zero-order chi connectivity index (χ0) is 14.8. The van der Waals surface area contributed by atoms with E-state index in [1.54, 1.807) is 12.1 Å². The van der Waals surface area contributed by atoms with Gasteiger partial charge in [0.15, 0.2) is 5.69 Å². The molecule has 1 aromatic heterocycles. The van der Waals surface area contributed by atoms with Crippen LogP contribution in [0, 0.1) is 11.2 Å². The van der Waals surface area contributed by atoms with Crippen molar-refractivity contribution in [2.24, 2.45) is 5.41 Å². The zero-order valence-corrected chi connectivity index (χ0v) is 11.6. The van der Waals surface area contributed by atoms with Crippen molar-refractivity contribution in [3.63, 3.8) is 0 Å². The summed E-state index contributed by atoms with van der Waals surface area (Å²) in [6.07, 6.45) is 1.36. The van der Waals surface area contributed by atoms with Crippen molar-refractivity contribution in [3.8, 4) is 0 Å². The minimum absolute atomic E-state index is 0.223. The number of H-pyrrole nitrogens is 1. The Hall–Kier alpha value is -2.24. The number of aromatic nitrogens is 3. The summed E-state index contributed by atoms with van der Waals surface area (Å²) < 4.78 is 13.0. The van der Waals surface area contributed by atoms with Crippen LogP contribution in [0.15, 0.2) is 30.5 Å². The highest BCUT2D eigenvalue weighted by molar-refractivity contribution is 5.92. The fourth-order valence-corrected chi connectivity index (χ4v) is 1.97. The van der Waals surface area contributed by atoms with Gasteiger partial charge in [-0.1, -0.05) is 32.9 Å². The van der Waals surface area contributed by atoms with Crippen LogP contribution in [0.2, 0.25) is 0 Å². The fourth-order valence-electron chi connectivity index (χ4n) is 1.97. The lowest BCUT2D eigenvalue weighted by Crippen LogP contribution is -2.36. The van der Waals surface area contributed by atoms with Gasteiger partial charge in [0.25, 0.3) is 5.91 Å². The molecular weight excluding hydrogens is 259 g/mol. The standard InChI is InChI=1S/C14H17FN4O/c1-14(2,3)12(9-4-6-10(15)7-5-9)17-13(20)11-8-16-19-18-11/h4-8,12H,1-3H3,(H,17,20)(H,16,18,19). The van der Waals surface area contributed by atoms with Gasteiger partial charge in [-0.15, -0.1) is 0 Å². The van der Waals surface area contributed by atoms with E-state index < -0.39 is 0 Å². The number of hydrogen-bond donors (Lipinski definition) is 2. The van der Waals surface area contributed by atoms with Crippen LogP contribution in [0.25, 0.3) is 0 Å². The molecule has 0 fully saturated rings. The molecule has 0 aliphatic rings. The van der Waals surface area contributed by atoms with E-state index >= 15 is 0 Å². The van der Waals surface area contributed by atoms with Gasteiger partial charge in [0.1, 0.15) is 5.82 Å². The molecule has 0 bridgehead atoms. The Balaban J connectivity index is 2.25. The molecule has 0 saturated heterocycles. The first-order valence-electron chi connectivity index (χ1n) is 6.30. The number of halogens is 1. The number of amides is 1. The number of aromatic amines is 1. The van der Waals surface area contributed by atoms with Gasteiger partial charge >= 0.3 is 0 Å². The zero-order valence-electron chi connectivity index (χ0n) is 11.6. The lowest BCUT2D eigenvalue weighted by molar-refractivity contribution is 0.0896. The van der Waals surface area contributed by atoms with Crippen molar-refractivity contribution in [2.75, 3.05) is 0 Å². The molecule has 0 saturated carbocycles. The molecule has 0 aliphatic heterocycles. The summed E-state index contributed by atoms with van der Waals surface area (Å²) in [6.45, 7) is 6.01. The van der Waals surface area contributed by atoms with Gasteiger partial charge in [0.2, 0.25) is 0 Å². The quantitative estimate of drug-likeness (QED) is 0.904. The van der Waals surface area contributed by atoms with E-state index in [0.717, 1.165) is 5.56 Å². The Morgan fingerprint density at radius 2 is 1.95 bits per heavy atom. The SMILES string of the molecule is CC(C)(C)C(NC(=O)c1cn[nH]n1)c1ccc(F)cc1. The van der Waals surface area contributed by atoms with Gasteiger partial charge in [0.05, 0.1) is 12.2 Å². The van der Waals surface area contributed by atoms with Gasteiger partial charge in [-0.2, -0.15) is 15.4 Å². The number of hydrogen-bond acceptors (Lipinski definition) is 3. The summed E-state index contributed by atoms with van der Waals surface area (Å²) >= 11 is 0. The Morgan fingerprint density at radius 1 is 1.30 bits per heavy atom. The molecule has 6 heteroatoms. The molecule has 0 spiro atoms. The molecule has 0 radical (unpaired) electrons. The van der Waals surface area contributed by atoms with E-state index in [1.165, 1.54) is 18.3 Å². The molecule has 1 amide bonds. The van der Waals surface area contributed by atoms with E-state index in [1.807, 2.05) is 20.8 Å². The highest BCUT2D eigenvalue weighted by Gasteiger charge is 2.28. The molecule has 1 aromatic carbocycles. The maximum atomic E-state index is 13.0. The largest absolute Gasteiger partial charge is 0.343 e. The summed E-state index contributed by atoms with van der Waals surface area (Å²) in [7, 11) is 0. The van der Waals surface area contributed by atoms with Crippen LogP contribution >= 0.6 is 0 Å². The van der Waals surface area contributed by atoms with Gasteiger partial charge in [-0.05, 0) is 23.1 Å². The fraction of sp³-hybridized carbons (Fsp3) is 0.357. The van der Waals surface area contributed by atoms with Gasteiger partial charge in [-0.3, -0.25) is 4.79 Å². The molecule has 20 heavy (non-hydrogen) atoms. The Labute approximate surface area is 116 Å². The van der Waals surface area contributed by atoms with Crippen LogP contribution in [0.1, 0.15) is 42.9 Å². The molecular formula is C14H17FN4O. The maximum absolute atomic E-state index is 13.0. The van der Waals surface area contributed by atoms with E-state index in [-0.39, 0.29) is 28.9 Å². The molecule has 106 valence electrons. The van der Waals surface area contributed by atoms with Crippen molar-refractivity contribution in [1.29, 1.82) is 0 Å². The minimum Gasteiger partial charge on any atom is -0.343 e. The highest BCUT2D eigenvalue weighted by Crippen LogP contribution is 2.32. The third kappa shape index (κ3) is 3.20. The van der Waals surface area contributed by atoms with Crippen LogP contribution in [0.4, 0.5) is 4.39 Å². The van der Waals surface area contributed by atoms with E-state index in [2.05, 4.69) is 20.7 Å². The van der Waals surface area contributed by atoms with Crippen LogP contribution in [-0.4, -0.2) is 21.3 Å². The summed E-state index contributed by atoms with van der Waals surface area (Å²) in [5.74, 6) is -0.618. The van der Waals surface area contributed by atoms with Crippen LogP contribution in [0.3, 0.4) is 0 Å². The minimum atomic E-state index is -0.317. The third-order valence-corrected chi connectivity index (χ3v) is 2.99. The topological polar surface area (TPSA) is 70.7 Å². The van der Waals surface area contributed by atoms with E-state index in [9.17, 15) is 9.18 Å². The Kier molecular flexibility index (Phi) is 3.83. The summed E-state index contributed by atoms with van der Waals surface area (Å²) in [6, 6.07) is 5.86. The third-order valence-electron chi connectivity index (χ3n) is 2.99. The van der Waals surface area contributed by atoms with Gasteiger partial charge in [-0.25, -0.2) is 4.39 Å². The average molecular weight is 276 g/mol. The average Bonchev–Trinajstić information content (AvgIpc) is 2.89. The van der Waals surface area contributed by atoms with Gasteiger partial charge in [0, 0.05) is 0 Å². The molecule has 2 aromatic rings. The summed E-state index contributed by atoms with van der Waals surface area (Å²) in [5.41, 5.74) is 0.842. The lowest BCUT2D eigenvalue weighted by atomic mass is 9.82. The maximum Gasteiger partial charge on any atom is 0.273 e. The van der Waals surface area contributed by atoms with Crippen LogP contribution in [0.5, 0.6) is 0 Å². The number of rotatable bonds is 3. The number of carbonyl (C=O) groups excluding carboxylic acids is 1. The van der Waals surface area contributed by atoms with E-state index in [0.29, 0.717) is 0 Å². The summed E-state index contributed by atoms with van der Waals surface area (Å²) in [4.78, 5) is 12.1. The first-order chi connectivity index (χ1) is 9.38. The van der Waals surface area contributed by atoms with Crippen molar-refractivity contribution in [2.45, 2.75) is 26.8 Å². The molecule has 2 rings (SSSR count). The van der Waals surface area contributed by atoms with Crippen LogP contribution < -0.4 is 5.32 Å². The number of nitrogens with one attached hydrogen (secondary N) is 2. The lowest BCUT2D eigenvalue weighted by Gasteiger charge is -2.31. The first kappa shape index (κ1) is 14.2. The predicted octanol–water partition coefficient (Wildman–Crippen LogP) is 2.46. The monoisotopic (exact) mass is 276 g/mol. The first-order valence-corrected chi connectivity index (χ1v) is 6.30. The number of nitrogens with zero attached hydrogens (tertiary/aromatic N) is 2. The smallest absolute Gasteiger partial charge is 0.273 e. The molecule has 0 aliphatic carbocycles. The normalized spacial score (nSPS) is 13.0. The number of carbonyl (C=O) groups is 1. The Bertz CT molecular complexity index is 572. The van der Waals surface area contributed by atoms with Gasteiger partial charge < -0.3 is 5.32 Å². The molecule has 5 nitrogen and oxygen atoms in total. The van der Waals surface area contributed by atoms with E-state index in [4.69, 9.17) is 0 Å². The van der Waals surface area contributed by atoms with Crippen molar-refractivity contribution >= 4 is 5.91 Å². The molecule has 1 heterocycles. The highest BCUT2D eigenvalue weighted by atomic mass is 19.1. The summed E-state index contributed by atoms with van der Waals surface area (Å²) in [5, 5.41) is 12.7. The number of benzene rings is 1.